The van der Waals surface area contributed by atoms with Crippen LogP contribution in [0.25, 0.3) is 0 Å². The Morgan fingerprint density at radius 2 is 1.61 bits per heavy atom. The fraction of sp³-hybridized carbons (Fsp3) is 0.143. The predicted molar refractivity (Wildman–Crippen MR) is 73.0 cm³/mol. The van der Waals surface area contributed by atoms with Crippen LogP contribution in [0.4, 0.5) is 11.4 Å². The van der Waals surface area contributed by atoms with Crippen molar-refractivity contribution in [2.45, 2.75) is 6.92 Å². The molecule has 18 heavy (non-hydrogen) atoms. The largest absolute Gasteiger partial charge is 0.494 e. The van der Waals surface area contributed by atoms with E-state index in [-0.39, 0.29) is 0 Å². The summed E-state index contributed by atoms with van der Waals surface area (Å²) in [4.78, 5) is 0. The Bertz CT molecular complexity index is 541. The zero-order chi connectivity index (χ0) is 13.0. The van der Waals surface area contributed by atoms with Gasteiger partial charge < -0.3 is 20.9 Å². The van der Waals surface area contributed by atoms with Crippen LogP contribution < -0.4 is 20.9 Å². The summed E-state index contributed by atoms with van der Waals surface area (Å²) in [6.45, 7) is 2.56. The van der Waals surface area contributed by atoms with Gasteiger partial charge in [-0.2, -0.15) is 0 Å². The Hall–Kier alpha value is -2.36. The van der Waals surface area contributed by atoms with Gasteiger partial charge in [-0.25, -0.2) is 0 Å². The van der Waals surface area contributed by atoms with Crippen molar-refractivity contribution in [2.75, 3.05) is 18.1 Å². The third kappa shape index (κ3) is 2.85. The van der Waals surface area contributed by atoms with Crippen LogP contribution >= 0.6 is 0 Å². The highest BCUT2D eigenvalue weighted by Crippen LogP contribution is 2.28. The topological polar surface area (TPSA) is 70.5 Å². The number of rotatable bonds is 4. The summed E-state index contributed by atoms with van der Waals surface area (Å²) in [5, 5.41) is 0. The first-order valence-electron chi connectivity index (χ1n) is 5.74. The molecular weight excluding hydrogens is 228 g/mol. The van der Waals surface area contributed by atoms with Gasteiger partial charge in [-0.15, -0.1) is 0 Å². The SMILES string of the molecule is CCOc1cccc(Oc2ccc(N)c(N)c2)c1. The second-order valence-electron chi connectivity index (χ2n) is 3.80. The van der Waals surface area contributed by atoms with E-state index in [1.807, 2.05) is 31.2 Å². The minimum Gasteiger partial charge on any atom is -0.494 e. The standard InChI is InChI=1S/C14H16N2O2/c1-2-17-10-4-3-5-11(8-10)18-12-6-7-13(15)14(16)9-12/h3-9H,2,15-16H2,1H3. The van der Waals surface area contributed by atoms with E-state index < -0.39 is 0 Å². The van der Waals surface area contributed by atoms with Crippen LogP contribution in [0.5, 0.6) is 17.2 Å². The third-order valence-electron chi connectivity index (χ3n) is 2.41. The Labute approximate surface area is 106 Å². The summed E-state index contributed by atoms with van der Waals surface area (Å²) in [5.74, 6) is 2.12. The lowest BCUT2D eigenvalue weighted by Gasteiger charge is -2.09. The molecule has 0 aliphatic heterocycles. The molecule has 0 aliphatic carbocycles. The van der Waals surface area contributed by atoms with Gasteiger partial charge in [-0.3, -0.25) is 0 Å². The molecular formula is C14H16N2O2. The van der Waals surface area contributed by atoms with Crippen molar-refractivity contribution in [3.05, 3.63) is 42.5 Å². The lowest BCUT2D eigenvalue weighted by Crippen LogP contribution is -1.95. The van der Waals surface area contributed by atoms with E-state index in [1.54, 1.807) is 18.2 Å². The summed E-state index contributed by atoms with van der Waals surface area (Å²) < 4.78 is 11.1. The summed E-state index contributed by atoms with van der Waals surface area (Å²) in [7, 11) is 0. The molecule has 0 atom stereocenters. The predicted octanol–water partition coefficient (Wildman–Crippen LogP) is 3.04. The van der Waals surface area contributed by atoms with Gasteiger partial charge in [0.15, 0.2) is 0 Å². The van der Waals surface area contributed by atoms with E-state index in [9.17, 15) is 0 Å². The van der Waals surface area contributed by atoms with Crippen molar-refractivity contribution in [2.24, 2.45) is 0 Å². The lowest BCUT2D eigenvalue weighted by molar-refractivity contribution is 0.338. The van der Waals surface area contributed by atoms with Crippen LogP contribution in [0.2, 0.25) is 0 Å². The second kappa shape index (κ2) is 5.31. The number of nitrogens with two attached hydrogens (primary N) is 2. The molecule has 2 aromatic rings. The van der Waals surface area contributed by atoms with Crippen LogP contribution in [0.3, 0.4) is 0 Å². The first kappa shape index (κ1) is 12.1. The highest BCUT2D eigenvalue weighted by molar-refractivity contribution is 5.65. The monoisotopic (exact) mass is 244 g/mol. The molecule has 4 heteroatoms. The molecule has 0 aliphatic rings. The van der Waals surface area contributed by atoms with Crippen molar-refractivity contribution < 1.29 is 9.47 Å². The van der Waals surface area contributed by atoms with Gasteiger partial charge in [0.05, 0.1) is 18.0 Å². The average Bonchev–Trinajstić information content (AvgIpc) is 2.35. The van der Waals surface area contributed by atoms with Crippen LogP contribution in [0.15, 0.2) is 42.5 Å². The number of benzene rings is 2. The number of hydrogen-bond acceptors (Lipinski definition) is 4. The molecule has 0 spiro atoms. The minimum atomic E-state index is 0.508. The Morgan fingerprint density at radius 3 is 2.33 bits per heavy atom. The molecule has 0 radical (unpaired) electrons. The molecule has 94 valence electrons. The Morgan fingerprint density at radius 1 is 0.889 bits per heavy atom. The zero-order valence-corrected chi connectivity index (χ0v) is 10.2. The first-order chi connectivity index (χ1) is 8.69. The number of anilines is 2. The molecule has 0 saturated carbocycles. The Balaban J connectivity index is 2.17. The lowest BCUT2D eigenvalue weighted by atomic mass is 10.2. The highest BCUT2D eigenvalue weighted by atomic mass is 16.5. The normalized spacial score (nSPS) is 10.1. The molecule has 0 amide bonds. The van der Waals surface area contributed by atoms with E-state index in [1.165, 1.54) is 0 Å². The van der Waals surface area contributed by atoms with Crippen molar-refractivity contribution in [1.82, 2.24) is 0 Å². The summed E-state index contributed by atoms with van der Waals surface area (Å²) in [5.41, 5.74) is 12.4. The van der Waals surface area contributed by atoms with E-state index in [0.29, 0.717) is 29.5 Å². The molecule has 2 aromatic carbocycles. The molecule has 2 rings (SSSR count). The van der Waals surface area contributed by atoms with Crippen molar-refractivity contribution in [1.29, 1.82) is 0 Å². The van der Waals surface area contributed by atoms with E-state index in [2.05, 4.69) is 0 Å². The molecule has 0 aromatic heterocycles. The van der Waals surface area contributed by atoms with Crippen molar-refractivity contribution >= 4 is 11.4 Å². The van der Waals surface area contributed by atoms with Gasteiger partial charge in [0.25, 0.3) is 0 Å². The molecule has 0 unspecified atom stereocenters. The number of nitrogen functional groups attached to an aromatic ring is 2. The average molecular weight is 244 g/mol. The molecule has 0 bridgehead atoms. The zero-order valence-electron chi connectivity index (χ0n) is 10.2. The molecule has 4 N–H and O–H groups in total. The van der Waals surface area contributed by atoms with Crippen LogP contribution in [-0.2, 0) is 0 Å². The first-order valence-corrected chi connectivity index (χ1v) is 5.74. The maximum Gasteiger partial charge on any atom is 0.131 e. The van der Waals surface area contributed by atoms with Gasteiger partial charge in [0, 0.05) is 12.1 Å². The van der Waals surface area contributed by atoms with Gasteiger partial charge in [0.2, 0.25) is 0 Å². The van der Waals surface area contributed by atoms with Gasteiger partial charge in [-0.05, 0) is 31.2 Å². The minimum absolute atomic E-state index is 0.508. The second-order valence-corrected chi connectivity index (χ2v) is 3.80. The maximum atomic E-state index is 5.72. The summed E-state index contributed by atoms with van der Waals surface area (Å²) in [6.07, 6.45) is 0. The van der Waals surface area contributed by atoms with Gasteiger partial charge in [-0.1, -0.05) is 6.07 Å². The number of hydrogen-bond donors (Lipinski definition) is 2. The van der Waals surface area contributed by atoms with Crippen LogP contribution in [0.1, 0.15) is 6.92 Å². The summed E-state index contributed by atoms with van der Waals surface area (Å²) in [6, 6.07) is 12.6. The van der Waals surface area contributed by atoms with Crippen molar-refractivity contribution in [3.63, 3.8) is 0 Å². The maximum absolute atomic E-state index is 5.72. The van der Waals surface area contributed by atoms with Crippen LogP contribution in [-0.4, -0.2) is 6.61 Å². The fourth-order valence-electron chi connectivity index (χ4n) is 1.55. The van der Waals surface area contributed by atoms with E-state index >= 15 is 0 Å². The van der Waals surface area contributed by atoms with Crippen LogP contribution in [0, 0.1) is 0 Å². The smallest absolute Gasteiger partial charge is 0.131 e. The van der Waals surface area contributed by atoms with Gasteiger partial charge >= 0.3 is 0 Å². The number of ether oxygens (including phenoxy) is 2. The van der Waals surface area contributed by atoms with Gasteiger partial charge in [0.1, 0.15) is 17.2 Å². The third-order valence-corrected chi connectivity index (χ3v) is 2.41. The Kier molecular flexibility index (Phi) is 3.57. The van der Waals surface area contributed by atoms with E-state index in [0.717, 1.165) is 5.75 Å². The highest BCUT2D eigenvalue weighted by Gasteiger charge is 2.01. The van der Waals surface area contributed by atoms with E-state index in [4.69, 9.17) is 20.9 Å². The fourth-order valence-corrected chi connectivity index (χ4v) is 1.55. The molecule has 0 heterocycles. The molecule has 0 fully saturated rings. The quantitative estimate of drug-likeness (QED) is 0.811. The molecule has 4 nitrogen and oxygen atoms in total. The summed E-state index contributed by atoms with van der Waals surface area (Å²) >= 11 is 0. The van der Waals surface area contributed by atoms with Crippen molar-refractivity contribution in [3.8, 4) is 17.2 Å². The molecule has 0 saturated heterocycles.